The van der Waals surface area contributed by atoms with Crippen LogP contribution in [0.4, 0.5) is 0 Å². The van der Waals surface area contributed by atoms with Crippen LogP contribution >= 0.6 is 0 Å². The minimum Gasteiger partial charge on any atom is -0.466 e. The van der Waals surface area contributed by atoms with Crippen LogP contribution in [0, 0.1) is 0 Å². The summed E-state index contributed by atoms with van der Waals surface area (Å²) in [5.41, 5.74) is 0. The lowest BCUT2D eigenvalue weighted by Gasteiger charge is -2.40. The van der Waals surface area contributed by atoms with Gasteiger partial charge in [0.05, 0.1) is 32.0 Å². The molecule has 11 nitrogen and oxygen atoms in total. The van der Waals surface area contributed by atoms with E-state index in [1.54, 1.807) is 6.08 Å². The molecule has 1 aliphatic rings. The van der Waals surface area contributed by atoms with Crippen LogP contribution in [-0.4, -0.2) is 100 Å². The van der Waals surface area contributed by atoms with Crippen molar-refractivity contribution < 1.29 is 49.3 Å². The Morgan fingerprint density at radius 2 is 1.02 bits per heavy atom. The molecule has 0 aromatic carbocycles. The van der Waals surface area contributed by atoms with E-state index in [9.17, 15) is 35.1 Å². The Balaban J connectivity index is 2.14. The average Bonchev–Trinajstić information content (AvgIpc) is 3.31. The first kappa shape index (κ1) is 61.9. The van der Waals surface area contributed by atoms with E-state index in [0.717, 1.165) is 96.3 Å². The molecule has 66 heavy (non-hydrogen) atoms. The fourth-order valence-electron chi connectivity index (χ4n) is 8.35. The predicted molar refractivity (Wildman–Crippen MR) is 269 cm³/mol. The molecule has 0 radical (unpaired) electrons. The van der Waals surface area contributed by atoms with Gasteiger partial charge in [-0.25, -0.2) is 0 Å². The second-order valence-corrected chi connectivity index (χ2v) is 18.9. The molecule has 0 aliphatic carbocycles. The third-order valence-electron chi connectivity index (χ3n) is 12.7. The standard InChI is InChI=1S/C55H101NO10/c1-3-5-7-9-11-13-22-27-31-35-39-43-51(60)64-44-40-36-32-28-24-21-19-17-15-16-18-20-23-26-30-34-38-42-50(59)56-47(46-65-55-54(63)53(62)52(61)49(45-57)66-55)48(58)41-37-33-29-25-14-12-10-8-6-4-2/h15,17,21,24,37,41,47-49,52-55,57-58,61-63H,3-14,16,18-20,22-23,25-36,38-40,42-46H2,1-2H3,(H,56,59)/b17-15-,24-21-,41-37+. The quantitative estimate of drug-likeness (QED) is 0.0196. The van der Waals surface area contributed by atoms with E-state index in [1.165, 1.54) is 116 Å². The Morgan fingerprint density at radius 1 is 0.561 bits per heavy atom. The maximum Gasteiger partial charge on any atom is 0.305 e. The SMILES string of the molecule is CCCCCCCCCC/C=C/C(O)C(COC1OC(CO)C(O)C(O)C1O)NC(=O)CCCCCCCCC/C=C\C/C=C\CCCCCOC(=O)CCCCCCCCCCCCC. The van der Waals surface area contributed by atoms with Gasteiger partial charge in [0.2, 0.25) is 5.91 Å². The van der Waals surface area contributed by atoms with Gasteiger partial charge in [0.1, 0.15) is 24.4 Å². The van der Waals surface area contributed by atoms with Gasteiger partial charge in [0.15, 0.2) is 6.29 Å². The van der Waals surface area contributed by atoms with Crippen LogP contribution in [0.15, 0.2) is 36.5 Å². The van der Waals surface area contributed by atoms with Crippen molar-refractivity contribution in [1.29, 1.82) is 0 Å². The topological polar surface area (TPSA) is 175 Å². The molecule has 11 heteroatoms. The summed E-state index contributed by atoms with van der Waals surface area (Å²) in [5.74, 6) is -0.233. The zero-order valence-electron chi connectivity index (χ0n) is 42.2. The van der Waals surface area contributed by atoms with Crippen molar-refractivity contribution in [3.8, 4) is 0 Å². The molecule has 1 amide bonds. The monoisotopic (exact) mass is 936 g/mol. The van der Waals surface area contributed by atoms with Gasteiger partial charge in [-0.2, -0.15) is 0 Å². The van der Waals surface area contributed by atoms with Crippen LogP contribution in [0.1, 0.15) is 239 Å². The lowest BCUT2D eigenvalue weighted by atomic mass is 9.99. The number of aliphatic hydroxyl groups excluding tert-OH is 5. The van der Waals surface area contributed by atoms with E-state index in [4.69, 9.17) is 14.2 Å². The maximum absolute atomic E-state index is 13.0. The van der Waals surface area contributed by atoms with E-state index in [1.807, 2.05) is 6.08 Å². The number of nitrogens with one attached hydrogen (secondary N) is 1. The predicted octanol–water partition coefficient (Wildman–Crippen LogP) is 11.6. The minimum absolute atomic E-state index is 0.0333. The summed E-state index contributed by atoms with van der Waals surface area (Å²) in [6.45, 7) is 4.25. The third-order valence-corrected chi connectivity index (χ3v) is 12.7. The summed E-state index contributed by atoms with van der Waals surface area (Å²) in [4.78, 5) is 25.0. The molecule has 0 aromatic heterocycles. The molecule has 7 atom stereocenters. The number of hydrogen-bond acceptors (Lipinski definition) is 10. The zero-order chi connectivity index (χ0) is 48.1. The van der Waals surface area contributed by atoms with Gasteiger partial charge in [-0.3, -0.25) is 9.59 Å². The van der Waals surface area contributed by atoms with Gasteiger partial charge in [-0.05, 0) is 70.6 Å². The number of amides is 1. The number of ether oxygens (including phenoxy) is 3. The Hall–Kier alpha value is -2.12. The first-order valence-electron chi connectivity index (χ1n) is 27.3. The molecule has 1 fully saturated rings. The van der Waals surface area contributed by atoms with E-state index in [-0.39, 0.29) is 18.5 Å². The molecule has 0 aromatic rings. The molecule has 7 unspecified atom stereocenters. The van der Waals surface area contributed by atoms with Gasteiger partial charge < -0.3 is 45.1 Å². The lowest BCUT2D eigenvalue weighted by Crippen LogP contribution is -2.60. The molecule has 6 N–H and O–H groups in total. The molecule has 1 saturated heterocycles. The van der Waals surface area contributed by atoms with Crippen LogP contribution in [0.5, 0.6) is 0 Å². The zero-order valence-corrected chi connectivity index (χ0v) is 42.2. The van der Waals surface area contributed by atoms with E-state index >= 15 is 0 Å². The summed E-state index contributed by atoms with van der Waals surface area (Å²) in [5, 5.41) is 54.2. The van der Waals surface area contributed by atoms with Crippen LogP contribution < -0.4 is 5.32 Å². The molecule has 1 heterocycles. The number of carbonyl (C=O) groups excluding carboxylic acids is 2. The number of carbonyl (C=O) groups is 2. The van der Waals surface area contributed by atoms with Gasteiger partial charge in [-0.1, -0.05) is 192 Å². The highest BCUT2D eigenvalue weighted by Crippen LogP contribution is 2.23. The van der Waals surface area contributed by atoms with Crippen molar-refractivity contribution in [1.82, 2.24) is 5.32 Å². The normalized spacial score (nSPS) is 19.9. The molecule has 0 spiro atoms. The Kier molecular flexibility index (Phi) is 42.5. The molecule has 1 aliphatic heterocycles. The Labute approximate surface area is 403 Å². The Morgan fingerprint density at radius 3 is 1.53 bits per heavy atom. The van der Waals surface area contributed by atoms with Crippen LogP contribution in [0.2, 0.25) is 0 Å². The molecular formula is C55H101NO10. The first-order valence-corrected chi connectivity index (χ1v) is 27.3. The molecular weight excluding hydrogens is 835 g/mol. The van der Waals surface area contributed by atoms with Crippen LogP contribution in [0.25, 0.3) is 0 Å². The maximum atomic E-state index is 13.0. The summed E-state index contributed by atoms with van der Waals surface area (Å²) >= 11 is 0. The average molecular weight is 936 g/mol. The van der Waals surface area contributed by atoms with Crippen molar-refractivity contribution in [2.75, 3.05) is 19.8 Å². The van der Waals surface area contributed by atoms with Crippen LogP contribution in [0.3, 0.4) is 0 Å². The van der Waals surface area contributed by atoms with Crippen molar-refractivity contribution in [2.24, 2.45) is 0 Å². The minimum atomic E-state index is -1.58. The number of esters is 1. The highest BCUT2D eigenvalue weighted by molar-refractivity contribution is 5.76. The molecule has 0 bridgehead atoms. The van der Waals surface area contributed by atoms with Gasteiger partial charge >= 0.3 is 5.97 Å². The van der Waals surface area contributed by atoms with Gasteiger partial charge in [0.25, 0.3) is 0 Å². The first-order chi connectivity index (χ1) is 32.2. The van der Waals surface area contributed by atoms with Crippen LogP contribution in [-0.2, 0) is 23.8 Å². The lowest BCUT2D eigenvalue weighted by molar-refractivity contribution is -0.302. The van der Waals surface area contributed by atoms with Gasteiger partial charge in [-0.15, -0.1) is 0 Å². The largest absolute Gasteiger partial charge is 0.466 e. The number of unbranched alkanes of at least 4 members (excludes halogenated alkanes) is 28. The number of aliphatic hydroxyl groups is 5. The second kappa shape index (κ2) is 45.3. The van der Waals surface area contributed by atoms with Gasteiger partial charge in [0, 0.05) is 12.8 Å². The van der Waals surface area contributed by atoms with Crippen molar-refractivity contribution in [3.05, 3.63) is 36.5 Å². The van der Waals surface area contributed by atoms with Crippen molar-refractivity contribution in [3.63, 3.8) is 0 Å². The summed E-state index contributed by atoms with van der Waals surface area (Å²) in [7, 11) is 0. The smallest absolute Gasteiger partial charge is 0.305 e. The highest BCUT2D eigenvalue weighted by Gasteiger charge is 2.44. The highest BCUT2D eigenvalue weighted by atomic mass is 16.7. The van der Waals surface area contributed by atoms with E-state index in [0.29, 0.717) is 19.4 Å². The number of allylic oxidation sites excluding steroid dienone is 5. The fraction of sp³-hybridized carbons (Fsp3) is 0.855. The Bertz CT molecular complexity index is 1190. The second-order valence-electron chi connectivity index (χ2n) is 18.9. The molecule has 0 saturated carbocycles. The number of rotatable bonds is 46. The third kappa shape index (κ3) is 35.1. The fourth-order valence-corrected chi connectivity index (χ4v) is 8.35. The molecule has 386 valence electrons. The summed E-state index contributed by atoms with van der Waals surface area (Å²) in [6, 6.07) is -0.820. The van der Waals surface area contributed by atoms with E-state index in [2.05, 4.69) is 43.5 Å². The molecule has 1 rings (SSSR count). The van der Waals surface area contributed by atoms with Crippen molar-refractivity contribution in [2.45, 2.75) is 281 Å². The number of hydrogen-bond donors (Lipinski definition) is 6. The van der Waals surface area contributed by atoms with Crippen molar-refractivity contribution >= 4 is 11.9 Å². The summed E-state index contributed by atoms with van der Waals surface area (Å²) in [6.07, 6.45) is 43.7. The summed E-state index contributed by atoms with van der Waals surface area (Å²) < 4.78 is 16.6. The van der Waals surface area contributed by atoms with E-state index < -0.39 is 49.5 Å².